The van der Waals surface area contributed by atoms with Gasteiger partial charge in [0.2, 0.25) is 5.76 Å². The monoisotopic (exact) mass is 267 g/mol. The molecule has 2 atom stereocenters. The summed E-state index contributed by atoms with van der Waals surface area (Å²) in [5, 5.41) is 3.45. The van der Waals surface area contributed by atoms with Gasteiger partial charge in [0.05, 0.1) is 19.5 Å². The molecule has 19 heavy (non-hydrogen) atoms. The van der Waals surface area contributed by atoms with E-state index in [-0.39, 0.29) is 17.3 Å². The molecule has 1 aromatic rings. The highest BCUT2D eigenvalue weighted by molar-refractivity contribution is 5.87. The minimum atomic E-state index is -0.440. The van der Waals surface area contributed by atoms with Crippen LogP contribution in [-0.4, -0.2) is 32.3 Å². The highest BCUT2D eigenvalue weighted by atomic mass is 16.5. The molecule has 0 radical (unpaired) electrons. The summed E-state index contributed by atoms with van der Waals surface area (Å²) in [7, 11) is 3.09. The Balaban J connectivity index is 1.94. The van der Waals surface area contributed by atoms with Crippen molar-refractivity contribution in [2.75, 3.05) is 14.2 Å². The molecular weight excluding hydrogens is 246 g/mol. The Hall–Kier alpha value is -1.33. The van der Waals surface area contributed by atoms with Gasteiger partial charge in [-0.25, -0.2) is 4.79 Å². The number of hydrogen-bond donors (Lipinski definition) is 1. The molecule has 0 amide bonds. The van der Waals surface area contributed by atoms with Gasteiger partial charge in [0, 0.05) is 30.7 Å². The van der Waals surface area contributed by atoms with E-state index < -0.39 is 5.97 Å². The van der Waals surface area contributed by atoms with Gasteiger partial charge in [-0.05, 0) is 12.5 Å². The standard InChI is InChI=1S/C14H21NO4/c1-14(2)10(7-11(14)17-3)15-8-9-5-6-19-12(9)13(16)18-4/h5-6,10-11,15H,7-8H2,1-4H3. The zero-order chi connectivity index (χ0) is 14.0. The van der Waals surface area contributed by atoms with Gasteiger partial charge in [0.25, 0.3) is 0 Å². The van der Waals surface area contributed by atoms with E-state index in [0.29, 0.717) is 12.6 Å². The van der Waals surface area contributed by atoms with Crippen LogP contribution in [0.2, 0.25) is 0 Å². The van der Waals surface area contributed by atoms with Crippen molar-refractivity contribution in [1.29, 1.82) is 0 Å². The Labute approximate surface area is 113 Å². The van der Waals surface area contributed by atoms with Crippen LogP contribution in [0, 0.1) is 5.41 Å². The molecule has 0 bridgehead atoms. The Morgan fingerprint density at radius 2 is 2.26 bits per heavy atom. The minimum Gasteiger partial charge on any atom is -0.463 e. The van der Waals surface area contributed by atoms with Gasteiger partial charge in [-0.3, -0.25) is 0 Å². The summed E-state index contributed by atoms with van der Waals surface area (Å²) in [5.74, 6) is -0.167. The normalized spacial score (nSPS) is 24.8. The Kier molecular flexibility index (Phi) is 3.96. The molecule has 1 aliphatic carbocycles. The fourth-order valence-electron chi connectivity index (χ4n) is 2.61. The third kappa shape index (κ3) is 2.53. The molecule has 106 valence electrons. The molecule has 2 rings (SSSR count). The van der Waals surface area contributed by atoms with Crippen LogP contribution in [0.1, 0.15) is 36.4 Å². The second-order valence-electron chi connectivity index (χ2n) is 5.48. The van der Waals surface area contributed by atoms with Gasteiger partial charge in [-0.15, -0.1) is 0 Å². The van der Waals surface area contributed by atoms with Crippen LogP contribution in [0.15, 0.2) is 16.7 Å². The number of hydrogen-bond acceptors (Lipinski definition) is 5. The highest BCUT2D eigenvalue weighted by Gasteiger charge is 2.48. The summed E-state index contributed by atoms with van der Waals surface area (Å²) < 4.78 is 15.2. The zero-order valence-corrected chi connectivity index (χ0v) is 11.9. The van der Waals surface area contributed by atoms with Crippen LogP contribution in [0.25, 0.3) is 0 Å². The fourth-order valence-corrected chi connectivity index (χ4v) is 2.61. The predicted molar refractivity (Wildman–Crippen MR) is 69.9 cm³/mol. The van der Waals surface area contributed by atoms with Crippen molar-refractivity contribution in [3.63, 3.8) is 0 Å². The first kappa shape index (κ1) is 14.1. The van der Waals surface area contributed by atoms with E-state index in [9.17, 15) is 4.79 Å². The lowest BCUT2D eigenvalue weighted by atomic mass is 9.64. The molecule has 2 unspecified atom stereocenters. The van der Waals surface area contributed by atoms with Gasteiger partial charge in [0.1, 0.15) is 0 Å². The van der Waals surface area contributed by atoms with E-state index in [0.717, 1.165) is 12.0 Å². The molecule has 1 aromatic heterocycles. The van der Waals surface area contributed by atoms with E-state index in [1.165, 1.54) is 13.4 Å². The SMILES string of the molecule is COC(=O)c1occc1CNC1CC(OC)C1(C)C. The smallest absolute Gasteiger partial charge is 0.374 e. The first-order valence-electron chi connectivity index (χ1n) is 6.41. The Morgan fingerprint density at radius 1 is 1.53 bits per heavy atom. The minimum absolute atomic E-state index is 0.101. The summed E-state index contributed by atoms with van der Waals surface area (Å²) in [6.07, 6.45) is 2.77. The summed E-state index contributed by atoms with van der Waals surface area (Å²) in [4.78, 5) is 11.5. The third-order valence-corrected chi connectivity index (χ3v) is 4.12. The Morgan fingerprint density at radius 3 is 2.84 bits per heavy atom. The second-order valence-corrected chi connectivity index (χ2v) is 5.48. The average Bonchev–Trinajstić information content (AvgIpc) is 2.85. The maximum atomic E-state index is 11.5. The van der Waals surface area contributed by atoms with Crippen LogP contribution >= 0.6 is 0 Å². The number of carbonyl (C=O) groups is 1. The molecule has 1 fully saturated rings. The average molecular weight is 267 g/mol. The van der Waals surface area contributed by atoms with Crippen LogP contribution in [0.3, 0.4) is 0 Å². The molecule has 0 spiro atoms. The van der Waals surface area contributed by atoms with E-state index in [1.807, 2.05) is 0 Å². The quantitative estimate of drug-likeness (QED) is 0.826. The molecule has 0 aromatic carbocycles. The molecule has 0 aliphatic heterocycles. The summed E-state index contributed by atoms with van der Waals surface area (Å²) in [6.45, 7) is 4.95. The lowest BCUT2D eigenvalue weighted by Gasteiger charge is -2.51. The summed E-state index contributed by atoms with van der Waals surface area (Å²) >= 11 is 0. The number of furan rings is 1. The van der Waals surface area contributed by atoms with E-state index in [1.54, 1.807) is 13.2 Å². The lowest BCUT2D eigenvalue weighted by Crippen LogP contribution is -2.60. The second kappa shape index (κ2) is 5.35. The van der Waals surface area contributed by atoms with Crippen molar-refractivity contribution in [3.8, 4) is 0 Å². The zero-order valence-electron chi connectivity index (χ0n) is 11.9. The van der Waals surface area contributed by atoms with Gasteiger partial charge < -0.3 is 19.2 Å². The molecule has 1 N–H and O–H groups in total. The first-order valence-corrected chi connectivity index (χ1v) is 6.41. The maximum Gasteiger partial charge on any atom is 0.374 e. The van der Waals surface area contributed by atoms with Crippen LogP contribution in [0.4, 0.5) is 0 Å². The third-order valence-electron chi connectivity index (χ3n) is 4.12. The largest absolute Gasteiger partial charge is 0.463 e. The summed E-state index contributed by atoms with van der Waals surface area (Å²) in [5.41, 5.74) is 0.924. The van der Waals surface area contributed by atoms with Crippen molar-refractivity contribution in [2.24, 2.45) is 5.41 Å². The van der Waals surface area contributed by atoms with E-state index in [2.05, 4.69) is 23.9 Å². The predicted octanol–water partition coefficient (Wildman–Crippen LogP) is 1.97. The number of esters is 1. The molecule has 5 nitrogen and oxygen atoms in total. The summed E-state index contributed by atoms with van der Waals surface area (Å²) in [6, 6.07) is 2.16. The number of ether oxygens (including phenoxy) is 2. The number of methoxy groups -OCH3 is 2. The van der Waals surface area contributed by atoms with Gasteiger partial charge in [-0.1, -0.05) is 13.8 Å². The molecule has 0 saturated heterocycles. The van der Waals surface area contributed by atoms with Crippen molar-refractivity contribution in [3.05, 3.63) is 23.7 Å². The van der Waals surface area contributed by atoms with Crippen LogP contribution < -0.4 is 5.32 Å². The maximum absolute atomic E-state index is 11.5. The van der Waals surface area contributed by atoms with Crippen molar-refractivity contribution in [1.82, 2.24) is 5.32 Å². The van der Waals surface area contributed by atoms with E-state index >= 15 is 0 Å². The Bertz CT molecular complexity index is 452. The van der Waals surface area contributed by atoms with Crippen molar-refractivity contribution >= 4 is 5.97 Å². The number of rotatable bonds is 5. The highest BCUT2D eigenvalue weighted by Crippen LogP contribution is 2.42. The first-order chi connectivity index (χ1) is 9.00. The number of nitrogens with one attached hydrogen (secondary N) is 1. The fraction of sp³-hybridized carbons (Fsp3) is 0.643. The molecular formula is C14H21NO4. The van der Waals surface area contributed by atoms with Gasteiger partial charge in [-0.2, -0.15) is 0 Å². The molecule has 5 heteroatoms. The topological polar surface area (TPSA) is 60.7 Å². The molecule has 1 heterocycles. The van der Waals surface area contributed by atoms with Gasteiger partial charge in [0.15, 0.2) is 0 Å². The lowest BCUT2D eigenvalue weighted by molar-refractivity contribution is -0.0979. The van der Waals surface area contributed by atoms with Gasteiger partial charge >= 0.3 is 5.97 Å². The molecule has 1 aliphatic rings. The van der Waals surface area contributed by atoms with E-state index in [4.69, 9.17) is 9.15 Å². The number of carbonyl (C=O) groups excluding carboxylic acids is 1. The van der Waals surface area contributed by atoms with Crippen molar-refractivity contribution in [2.45, 2.75) is 39.0 Å². The van der Waals surface area contributed by atoms with Crippen molar-refractivity contribution < 1.29 is 18.7 Å². The molecule has 1 saturated carbocycles. The van der Waals surface area contributed by atoms with Crippen LogP contribution in [-0.2, 0) is 16.0 Å². The van der Waals surface area contributed by atoms with Crippen LogP contribution in [0.5, 0.6) is 0 Å².